The molecule has 11 heavy (non-hydrogen) atoms. The van der Waals surface area contributed by atoms with Crippen molar-refractivity contribution in [2.24, 2.45) is 0 Å². The van der Waals surface area contributed by atoms with Crippen molar-refractivity contribution in [1.29, 1.82) is 0 Å². The zero-order chi connectivity index (χ0) is 7.72. The van der Waals surface area contributed by atoms with Gasteiger partial charge in [-0.2, -0.15) is 0 Å². The van der Waals surface area contributed by atoms with Gasteiger partial charge in [-0.25, -0.2) is 4.98 Å². The van der Waals surface area contributed by atoms with E-state index < -0.39 is 11.1 Å². The van der Waals surface area contributed by atoms with Crippen molar-refractivity contribution in [2.45, 2.75) is 11.1 Å². The molecule has 0 saturated heterocycles. The summed E-state index contributed by atoms with van der Waals surface area (Å²) < 4.78 is 21.2. The normalized spacial score (nSPS) is 12.3. The Hall–Kier alpha value is 1.03. The first-order chi connectivity index (χ1) is 4.61. The van der Waals surface area contributed by atoms with Gasteiger partial charge in [0.2, 0.25) is 0 Å². The van der Waals surface area contributed by atoms with Gasteiger partial charge in [-0.05, 0) is 18.0 Å². The Kier molecular flexibility index (Phi) is 5.37. The molecular formula is C4H3ClNNaO2S2. The molecule has 1 atom stereocenters. The Balaban J connectivity index is 0.000001000. The minimum absolute atomic E-state index is 0. The quantitative estimate of drug-likeness (QED) is 0.420. The van der Waals surface area contributed by atoms with Crippen LogP contribution in [-0.2, 0) is 11.1 Å². The van der Waals surface area contributed by atoms with Gasteiger partial charge < -0.3 is 4.55 Å². The first-order valence-corrected chi connectivity index (χ1v) is 4.60. The van der Waals surface area contributed by atoms with E-state index in [0.29, 0.717) is 5.69 Å². The number of halogens is 1. The van der Waals surface area contributed by atoms with Crippen LogP contribution >= 0.6 is 22.9 Å². The summed E-state index contributed by atoms with van der Waals surface area (Å²) >= 11 is 4.21. The number of hydrogen-bond acceptors (Lipinski definition) is 4. The third-order valence-corrected chi connectivity index (χ3v) is 3.19. The van der Waals surface area contributed by atoms with Crippen LogP contribution in [0.3, 0.4) is 0 Å². The molecule has 56 valence electrons. The summed E-state index contributed by atoms with van der Waals surface area (Å²) in [5.41, 5.74) is 0.461. The van der Waals surface area contributed by atoms with E-state index in [2.05, 4.69) is 4.98 Å². The van der Waals surface area contributed by atoms with E-state index in [1.54, 1.807) is 6.92 Å². The molecule has 0 aliphatic carbocycles. The minimum atomic E-state index is -2.20. The van der Waals surface area contributed by atoms with Gasteiger partial charge in [0, 0.05) is 0 Å². The average molecular weight is 220 g/mol. The summed E-state index contributed by atoms with van der Waals surface area (Å²) in [5, 5.41) is 0. The molecule has 0 aliphatic heterocycles. The van der Waals surface area contributed by atoms with Gasteiger partial charge in [-0.1, -0.05) is 22.9 Å². The van der Waals surface area contributed by atoms with E-state index in [4.69, 9.17) is 11.6 Å². The Morgan fingerprint density at radius 1 is 1.73 bits per heavy atom. The van der Waals surface area contributed by atoms with Crippen LogP contribution in [0.1, 0.15) is 5.69 Å². The number of hydrogen-bond donors (Lipinski definition) is 0. The molecule has 7 heteroatoms. The smallest absolute Gasteiger partial charge is 0.768 e. The molecule has 0 aromatic carbocycles. The van der Waals surface area contributed by atoms with Crippen LogP contribution in [0.5, 0.6) is 0 Å². The Morgan fingerprint density at radius 2 is 2.27 bits per heavy atom. The number of rotatable bonds is 1. The second-order valence-corrected chi connectivity index (χ2v) is 4.29. The Labute approximate surface area is 97.8 Å². The molecule has 0 radical (unpaired) electrons. The van der Waals surface area contributed by atoms with Gasteiger partial charge in [0.25, 0.3) is 0 Å². The number of thiazole rings is 1. The SMILES string of the molecule is Cc1nc(Cl)sc1S(=O)[O-].[Na+]. The van der Waals surface area contributed by atoms with E-state index in [1.807, 2.05) is 0 Å². The minimum Gasteiger partial charge on any atom is -0.768 e. The first kappa shape index (κ1) is 12.0. The predicted molar refractivity (Wildman–Crippen MR) is 39.0 cm³/mol. The second kappa shape index (κ2) is 4.91. The molecule has 1 aromatic heterocycles. The molecule has 1 heterocycles. The summed E-state index contributed by atoms with van der Waals surface area (Å²) in [6.07, 6.45) is 0. The van der Waals surface area contributed by atoms with Crippen LogP contribution in [0.4, 0.5) is 0 Å². The largest absolute Gasteiger partial charge is 1.00 e. The number of aryl methyl sites for hydroxylation is 1. The third kappa shape index (κ3) is 3.10. The van der Waals surface area contributed by atoms with E-state index in [0.717, 1.165) is 11.3 Å². The summed E-state index contributed by atoms with van der Waals surface area (Å²) in [4.78, 5) is 3.72. The molecule has 0 N–H and O–H groups in total. The third-order valence-electron chi connectivity index (χ3n) is 0.879. The molecule has 0 spiro atoms. The fraction of sp³-hybridized carbons (Fsp3) is 0.250. The van der Waals surface area contributed by atoms with Crippen LogP contribution in [0, 0.1) is 6.92 Å². The summed E-state index contributed by atoms with van der Waals surface area (Å²) in [6, 6.07) is 0. The molecule has 0 bridgehead atoms. The maximum atomic E-state index is 10.3. The van der Waals surface area contributed by atoms with Crippen LogP contribution in [0.25, 0.3) is 0 Å². The average Bonchev–Trinajstić information content (AvgIpc) is 2.10. The van der Waals surface area contributed by atoms with Crippen molar-refractivity contribution in [3.05, 3.63) is 10.2 Å². The van der Waals surface area contributed by atoms with Crippen molar-refractivity contribution in [3.8, 4) is 0 Å². The van der Waals surface area contributed by atoms with E-state index in [1.165, 1.54) is 0 Å². The Bertz CT molecular complexity index is 277. The van der Waals surface area contributed by atoms with Crippen molar-refractivity contribution in [2.75, 3.05) is 0 Å². The van der Waals surface area contributed by atoms with Gasteiger partial charge >= 0.3 is 29.6 Å². The molecule has 0 fully saturated rings. The second-order valence-electron chi connectivity index (χ2n) is 1.57. The zero-order valence-corrected chi connectivity index (χ0v) is 10.3. The fourth-order valence-electron chi connectivity index (χ4n) is 0.505. The molecule has 0 aliphatic rings. The van der Waals surface area contributed by atoms with E-state index >= 15 is 0 Å². The van der Waals surface area contributed by atoms with E-state index in [-0.39, 0.29) is 38.2 Å². The van der Waals surface area contributed by atoms with Crippen LogP contribution in [0.2, 0.25) is 4.47 Å². The van der Waals surface area contributed by atoms with Gasteiger partial charge in [0.1, 0.15) is 4.21 Å². The van der Waals surface area contributed by atoms with Crippen LogP contribution < -0.4 is 29.6 Å². The topological polar surface area (TPSA) is 53.0 Å². The summed E-state index contributed by atoms with van der Waals surface area (Å²) in [5.74, 6) is 0. The molecular weight excluding hydrogens is 217 g/mol. The van der Waals surface area contributed by atoms with Gasteiger partial charge in [0.15, 0.2) is 4.47 Å². The first-order valence-electron chi connectivity index (χ1n) is 2.33. The molecule has 3 nitrogen and oxygen atoms in total. The van der Waals surface area contributed by atoms with Gasteiger partial charge in [0.05, 0.1) is 5.69 Å². The van der Waals surface area contributed by atoms with Crippen molar-refractivity contribution in [3.63, 3.8) is 0 Å². The van der Waals surface area contributed by atoms with E-state index in [9.17, 15) is 8.76 Å². The standard InChI is InChI=1S/C4H4ClNO2S2.Na/c1-2-3(10(7)8)9-4(5)6-2;/h1H3,(H,7,8);/q;+1/p-1. The summed E-state index contributed by atoms with van der Waals surface area (Å²) in [6.45, 7) is 1.60. The van der Waals surface area contributed by atoms with Crippen LogP contribution in [-0.4, -0.2) is 13.7 Å². The predicted octanol–water partition coefficient (Wildman–Crippen LogP) is -1.65. The molecule has 1 unspecified atom stereocenters. The fourth-order valence-corrected chi connectivity index (χ4v) is 2.33. The molecule has 0 amide bonds. The Morgan fingerprint density at radius 3 is 2.45 bits per heavy atom. The molecule has 1 aromatic rings. The van der Waals surface area contributed by atoms with Crippen molar-refractivity contribution >= 4 is 34.0 Å². The van der Waals surface area contributed by atoms with Gasteiger partial charge in [-0.3, -0.25) is 4.21 Å². The molecule has 1 rings (SSSR count). The van der Waals surface area contributed by atoms with Gasteiger partial charge in [-0.15, -0.1) is 0 Å². The number of aromatic nitrogens is 1. The summed E-state index contributed by atoms with van der Waals surface area (Å²) in [7, 11) is 0. The zero-order valence-electron chi connectivity index (χ0n) is 5.96. The van der Waals surface area contributed by atoms with Crippen molar-refractivity contribution < 1.29 is 38.3 Å². The number of nitrogens with zero attached hydrogens (tertiary/aromatic N) is 1. The van der Waals surface area contributed by atoms with Crippen molar-refractivity contribution in [1.82, 2.24) is 4.98 Å². The van der Waals surface area contributed by atoms with Crippen LogP contribution in [0.15, 0.2) is 4.21 Å². The molecule has 0 saturated carbocycles. The maximum Gasteiger partial charge on any atom is 1.00 e. The monoisotopic (exact) mass is 219 g/mol. The maximum absolute atomic E-state index is 10.3.